The van der Waals surface area contributed by atoms with Crippen molar-refractivity contribution in [3.63, 3.8) is 0 Å². The molecule has 0 spiro atoms. The van der Waals surface area contributed by atoms with Gasteiger partial charge in [-0.1, -0.05) is 108 Å². The van der Waals surface area contributed by atoms with Crippen LogP contribution in [-0.4, -0.2) is 0 Å². The van der Waals surface area contributed by atoms with Gasteiger partial charge >= 0.3 is 26.2 Å². The summed E-state index contributed by atoms with van der Waals surface area (Å²) in [6.45, 7) is 0. The number of hydrogen-bond acceptors (Lipinski definition) is 0. The van der Waals surface area contributed by atoms with Gasteiger partial charge in [0.2, 0.25) is 0 Å². The van der Waals surface area contributed by atoms with Gasteiger partial charge in [-0.15, -0.1) is 17.9 Å². The molecule has 1 radical (unpaired) electrons. The van der Waals surface area contributed by atoms with E-state index in [9.17, 15) is 0 Å². The quantitative estimate of drug-likeness (QED) is 0.531. The SMILES string of the molecule is C1=CCC(C2[CH-]C3C=CC=CC3C2=C(c2ccccc2)c2ccccc2)=C1.[Cl-].[Cl-].[Zr+3]. The second-order valence-corrected chi connectivity index (χ2v) is 7.48. The molecule has 1 saturated carbocycles. The molecule has 2 aromatic rings. The van der Waals surface area contributed by atoms with Crippen LogP contribution in [0, 0.1) is 24.2 Å². The van der Waals surface area contributed by atoms with Crippen LogP contribution in [0.15, 0.2) is 114 Å². The minimum Gasteiger partial charge on any atom is -1.00 e. The molecule has 149 valence electrons. The molecule has 2 aromatic carbocycles. The third-order valence-corrected chi connectivity index (χ3v) is 5.90. The van der Waals surface area contributed by atoms with E-state index in [2.05, 4.69) is 110 Å². The monoisotopic (exact) mass is 507 g/mol. The van der Waals surface area contributed by atoms with Crippen LogP contribution >= 0.6 is 0 Å². The molecule has 0 aromatic heterocycles. The molecular weight excluding hydrogens is 486 g/mol. The Morgan fingerprint density at radius 2 is 1.37 bits per heavy atom. The Morgan fingerprint density at radius 1 is 0.767 bits per heavy atom. The van der Waals surface area contributed by atoms with Crippen LogP contribution in [0.3, 0.4) is 0 Å². The Labute approximate surface area is 211 Å². The minimum absolute atomic E-state index is 0. The molecule has 30 heavy (non-hydrogen) atoms. The maximum absolute atomic E-state index is 2.56. The smallest absolute Gasteiger partial charge is 1.00 e. The third kappa shape index (κ3) is 4.75. The average Bonchev–Trinajstić information content (AvgIpc) is 3.38. The van der Waals surface area contributed by atoms with Crippen molar-refractivity contribution in [1.82, 2.24) is 0 Å². The summed E-state index contributed by atoms with van der Waals surface area (Å²) in [5, 5.41) is 0. The van der Waals surface area contributed by atoms with Crippen molar-refractivity contribution in [2.45, 2.75) is 6.42 Å². The number of hydrogen-bond donors (Lipinski definition) is 0. The maximum atomic E-state index is 2.56. The van der Waals surface area contributed by atoms with Crippen LogP contribution in [0.25, 0.3) is 5.57 Å². The number of rotatable bonds is 3. The van der Waals surface area contributed by atoms with E-state index in [4.69, 9.17) is 0 Å². The first-order valence-corrected chi connectivity index (χ1v) is 9.82. The van der Waals surface area contributed by atoms with E-state index in [1.54, 1.807) is 5.57 Å². The molecule has 0 N–H and O–H groups in total. The number of fused-ring (bicyclic) bond motifs is 1. The van der Waals surface area contributed by atoms with Gasteiger partial charge in [-0.05, 0) is 29.0 Å². The summed E-state index contributed by atoms with van der Waals surface area (Å²) in [7, 11) is 0. The second kappa shape index (κ2) is 11.3. The zero-order chi connectivity index (χ0) is 18.1. The van der Waals surface area contributed by atoms with Crippen molar-refractivity contribution in [1.29, 1.82) is 0 Å². The van der Waals surface area contributed by atoms with E-state index in [0.717, 1.165) is 6.42 Å². The van der Waals surface area contributed by atoms with Crippen molar-refractivity contribution in [2.75, 3.05) is 0 Å². The van der Waals surface area contributed by atoms with Gasteiger partial charge in [-0.2, -0.15) is 0 Å². The fraction of sp³-hybridized carbons (Fsp3) is 0.148. The number of allylic oxidation sites excluding steroid dienone is 9. The summed E-state index contributed by atoms with van der Waals surface area (Å²) >= 11 is 0. The van der Waals surface area contributed by atoms with Crippen LogP contribution in [0.4, 0.5) is 0 Å². The van der Waals surface area contributed by atoms with E-state index in [1.807, 2.05) is 0 Å². The molecular formula is C27H23Cl2Zr. The minimum atomic E-state index is 0. The standard InChI is InChI=1S/C27H23.2ClH.Zr/c1-3-13-21(14-4-1)26(22-15-5-2-6-16-22)27-24-18-10-9-17-23(24)19-25(27)20-11-7-8-12-20;;;/h1-11,13-19,23-25H,12H2;2*1H;/q-1;;;+3/p-2. The van der Waals surface area contributed by atoms with Crippen LogP contribution in [0.2, 0.25) is 0 Å². The molecule has 1 fully saturated rings. The fourth-order valence-electron chi connectivity index (χ4n) is 4.70. The summed E-state index contributed by atoms with van der Waals surface area (Å²) in [6, 6.07) is 21.8. The molecule has 0 heterocycles. The summed E-state index contributed by atoms with van der Waals surface area (Å²) in [6.07, 6.45) is 19.6. The molecule has 5 rings (SSSR count). The summed E-state index contributed by atoms with van der Waals surface area (Å²) in [5.74, 6) is 1.33. The molecule has 0 bridgehead atoms. The Hall–Kier alpha value is -1.40. The van der Waals surface area contributed by atoms with Crippen molar-refractivity contribution in [3.8, 4) is 0 Å². The molecule has 0 nitrogen and oxygen atoms in total. The van der Waals surface area contributed by atoms with Gasteiger partial charge in [0.15, 0.2) is 0 Å². The van der Waals surface area contributed by atoms with Gasteiger partial charge in [-0.3, -0.25) is 0 Å². The Morgan fingerprint density at radius 3 is 1.93 bits per heavy atom. The van der Waals surface area contributed by atoms with E-state index in [1.165, 1.54) is 22.3 Å². The Bertz CT molecular complexity index is 943. The summed E-state index contributed by atoms with van der Waals surface area (Å²) in [5.41, 5.74) is 7.09. The second-order valence-electron chi connectivity index (χ2n) is 7.48. The molecule has 3 heteroatoms. The molecule has 0 saturated heterocycles. The van der Waals surface area contributed by atoms with Crippen molar-refractivity contribution >= 4 is 5.57 Å². The molecule has 0 aliphatic heterocycles. The van der Waals surface area contributed by atoms with Crippen molar-refractivity contribution in [2.24, 2.45) is 17.8 Å². The largest absolute Gasteiger partial charge is 3.00 e. The topological polar surface area (TPSA) is 0 Å². The average molecular weight is 510 g/mol. The van der Waals surface area contributed by atoms with E-state index in [0.29, 0.717) is 17.8 Å². The van der Waals surface area contributed by atoms with Crippen LogP contribution in [-0.2, 0) is 26.2 Å². The van der Waals surface area contributed by atoms with Gasteiger partial charge in [-0.25, -0.2) is 0 Å². The third-order valence-electron chi connectivity index (χ3n) is 5.90. The molecule has 3 unspecified atom stereocenters. The Kier molecular flexibility index (Phi) is 9.36. The number of benzene rings is 2. The van der Waals surface area contributed by atoms with Gasteiger partial charge in [0.05, 0.1) is 0 Å². The van der Waals surface area contributed by atoms with E-state index < -0.39 is 0 Å². The van der Waals surface area contributed by atoms with Crippen LogP contribution in [0.1, 0.15) is 17.5 Å². The van der Waals surface area contributed by atoms with Gasteiger partial charge in [0, 0.05) is 0 Å². The van der Waals surface area contributed by atoms with Gasteiger partial charge in [0.1, 0.15) is 0 Å². The number of halogens is 2. The van der Waals surface area contributed by atoms with Gasteiger partial charge in [0.25, 0.3) is 0 Å². The first-order chi connectivity index (χ1) is 13.4. The fourth-order valence-corrected chi connectivity index (χ4v) is 4.70. The predicted octanol–water partition coefficient (Wildman–Crippen LogP) is 0.573. The summed E-state index contributed by atoms with van der Waals surface area (Å²) < 4.78 is 0. The molecule has 3 aliphatic rings. The predicted molar refractivity (Wildman–Crippen MR) is 114 cm³/mol. The van der Waals surface area contributed by atoms with Crippen molar-refractivity contribution < 1.29 is 51.0 Å². The van der Waals surface area contributed by atoms with Crippen LogP contribution < -0.4 is 24.8 Å². The molecule has 0 amide bonds. The van der Waals surface area contributed by atoms with Crippen LogP contribution in [0.5, 0.6) is 0 Å². The van der Waals surface area contributed by atoms with E-state index >= 15 is 0 Å². The first kappa shape index (κ1) is 24.9. The van der Waals surface area contributed by atoms with Gasteiger partial charge < -0.3 is 31.2 Å². The summed E-state index contributed by atoms with van der Waals surface area (Å²) in [4.78, 5) is 0. The van der Waals surface area contributed by atoms with E-state index in [-0.39, 0.29) is 51.0 Å². The molecule has 3 atom stereocenters. The zero-order valence-corrected chi connectivity index (χ0v) is 20.6. The molecule has 3 aliphatic carbocycles. The normalized spacial score (nSPS) is 23.0. The Balaban J connectivity index is 0.00000107. The maximum Gasteiger partial charge on any atom is 3.00 e. The first-order valence-electron chi connectivity index (χ1n) is 9.82. The van der Waals surface area contributed by atoms with Crippen molar-refractivity contribution in [3.05, 3.63) is 132 Å². The zero-order valence-electron chi connectivity index (χ0n) is 16.6.